The highest BCUT2D eigenvalue weighted by atomic mass is 16.5. The lowest BCUT2D eigenvalue weighted by Crippen LogP contribution is -2.43. The van der Waals surface area contributed by atoms with E-state index in [-0.39, 0.29) is 12.0 Å². The van der Waals surface area contributed by atoms with Gasteiger partial charge >= 0.3 is 0 Å². The summed E-state index contributed by atoms with van der Waals surface area (Å²) in [5.74, 6) is 0.148. The third-order valence-electron chi connectivity index (χ3n) is 1.69. The molecule has 12 heavy (non-hydrogen) atoms. The lowest BCUT2D eigenvalue weighted by molar-refractivity contribution is -0.135. The van der Waals surface area contributed by atoms with Gasteiger partial charge in [-0.1, -0.05) is 13.8 Å². The number of hydrogen-bond donors (Lipinski definition) is 0. The largest absolute Gasteiger partial charge is 0.375 e. The molecule has 1 aliphatic heterocycles. The number of hydrogen-bond acceptors (Lipinski definition) is 2. The Kier molecular flexibility index (Phi) is 5.72. The molecule has 0 radical (unpaired) electrons. The lowest BCUT2D eigenvalue weighted by atomic mass is 10.3. The minimum Gasteiger partial charge on any atom is -0.375 e. The normalized spacial score (nSPS) is 22.7. The van der Waals surface area contributed by atoms with Gasteiger partial charge in [0.25, 0.3) is 0 Å². The molecule has 0 aromatic carbocycles. The van der Waals surface area contributed by atoms with Gasteiger partial charge in [-0.3, -0.25) is 4.79 Å². The van der Waals surface area contributed by atoms with E-state index in [2.05, 4.69) is 0 Å². The molecule has 0 N–H and O–H groups in total. The number of rotatable bonds is 0. The van der Waals surface area contributed by atoms with Gasteiger partial charge in [-0.2, -0.15) is 0 Å². The first-order valence-electron chi connectivity index (χ1n) is 4.57. The predicted molar refractivity (Wildman–Crippen MR) is 49.0 cm³/mol. The van der Waals surface area contributed by atoms with Gasteiger partial charge in [0.15, 0.2) is 0 Å². The number of amides is 1. The molecule has 3 heteroatoms. The van der Waals surface area contributed by atoms with Crippen LogP contribution >= 0.6 is 0 Å². The van der Waals surface area contributed by atoms with E-state index >= 15 is 0 Å². The van der Waals surface area contributed by atoms with Crippen LogP contribution in [-0.2, 0) is 9.53 Å². The smallest absolute Gasteiger partial charge is 0.219 e. The Bertz CT molecular complexity index is 136. The molecule has 0 saturated carbocycles. The van der Waals surface area contributed by atoms with Crippen LogP contribution in [0.5, 0.6) is 0 Å². The van der Waals surface area contributed by atoms with Gasteiger partial charge in [0.1, 0.15) is 0 Å². The summed E-state index contributed by atoms with van der Waals surface area (Å²) >= 11 is 0. The molecule has 72 valence electrons. The molecule has 1 atom stereocenters. The second-order valence-corrected chi connectivity index (χ2v) is 2.65. The summed E-state index contributed by atoms with van der Waals surface area (Å²) in [5.41, 5.74) is 0. The van der Waals surface area contributed by atoms with E-state index in [0.717, 1.165) is 13.1 Å². The first kappa shape index (κ1) is 11.4. The maximum atomic E-state index is 10.8. The van der Waals surface area contributed by atoms with Crippen LogP contribution in [0.15, 0.2) is 0 Å². The maximum Gasteiger partial charge on any atom is 0.219 e. The van der Waals surface area contributed by atoms with Crippen molar-refractivity contribution < 1.29 is 9.53 Å². The fraction of sp³-hybridized carbons (Fsp3) is 0.889. The van der Waals surface area contributed by atoms with Crippen molar-refractivity contribution in [3.05, 3.63) is 0 Å². The van der Waals surface area contributed by atoms with E-state index in [1.54, 1.807) is 6.92 Å². The fourth-order valence-corrected chi connectivity index (χ4v) is 1.10. The van der Waals surface area contributed by atoms with Crippen molar-refractivity contribution >= 4 is 5.91 Å². The summed E-state index contributed by atoms with van der Waals surface area (Å²) < 4.78 is 5.26. The van der Waals surface area contributed by atoms with E-state index < -0.39 is 0 Å². The van der Waals surface area contributed by atoms with E-state index in [9.17, 15) is 4.79 Å². The summed E-state index contributed by atoms with van der Waals surface area (Å²) in [6, 6.07) is 0. The van der Waals surface area contributed by atoms with Crippen LogP contribution in [0.25, 0.3) is 0 Å². The molecule has 1 fully saturated rings. The van der Waals surface area contributed by atoms with Crippen LogP contribution in [0.2, 0.25) is 0 Å². The van der Waals surface area contributed by atoms with Crippen LogP contribution in [0.4, 0.5) is 0 Å². The molecule has 0 aromatic rings. The SMILES string of the molecule is CC.CC(=O)N1CCOC(C)C1. The van der Waals surface area contributed by atoms with E-state index in [1.165, 1.54) is 0 Å². The third kappa shape index (κ3) is 3.72. The Labute approximate surface area is 74.7 Å². The highest BCUT2D eigenvalue weighted by molar-refractivity contribution is 5.73. The quantitative estimate of drug-likeness (QED) is 0.552. The molecule has 1 amide bonds. The molecule has 0 aromatic heterocycles. The van der Waals surface area contributed by atoms with Gasteiger partial charge in [-0.05, 0) is 6.92 Å². The molecule has 0 aliphatic carbocycles. The van der Waals surface area contributed by atoms with Crippen LogP contribution in [0.1, 0.15) is 27.7 Å². The Balaban J connectivity index is 0.000000561. The van der Waals surface area contributed by atoms with E-state index in [4.69, 9.17) is 4.74 Å². The average Bonchev–Trinajstić information content (AvgIpc) is 2.08. The monoisotopic (exact) mass is 173 g/mol. The molecule has 0 bridgehead atoms. The van der Waals surface area contributed by atoms with Gasteiger partial charge in [0.05, 0.1) is 12.7 Å². The summed E-state index contributed by atoms with van der Waals surface area (Å²) in [6.07, 6.45) is 0.206. The van der Waals surface area contributed by atoms with Crippen molar-refractivity contribution in [3.8, 4) is 0 Å². The number of ether oxygens (including phenoxy) is 1. The Hall–Kier alpha value is -0.570. The standard InChI is InChI=1S/C7H13NO2.C2H6/c1-6-5-8(7(2)9)3-4-10-6;1-2/h6H,3-5H2,1-2H3;1-2H3. The van der Waals surface area contributed by atoms with Crippen molar-refractivity contribution in [1.82, 2.24) is 4.90 Å². The number of nitrogens with zero attached hydrogens (tertiary/aromatic N) is 1. The van der Waals surface area contributed by atoms with Gasteiger partial charge in [-0.25, -0.2) is 0 Å². The topological polar surface area (TPSA) is 29.5 Å². The van der Waals surface area contributed by atoms with Crippen molar-refractivity contribution in [2.24, 2.45) is 0 Å². The summed E-state index contributed by atoms with van der Waals surface area (Å²) in [6.45, 7) is 9.75. The zero-order valence-electron chi connectivity index (χ0n) is 8.46. The molecule has 0 spiro atoms. The van der Waals surface area contributed by atoms with E-state index in [0.29, 0.717) is 6.61 Å². The molecule has 1 unspecified atom stereocenters. The second kappa shape index (κ2) is 6.00. The molecule has 1 heterocycles. The third-order valence-corrected chi connectivity index (χ3v) is 1.69. The van der Waals surface area contributed by atoms with E-state index in [1.807, 2.05) is 25.7 Å². The van der Waals surface area contributed by atoms with Crippen LogP contribution in [0.3, 0.4) is 0 Å². The van der Waals surface area contributed by atoms with Crippen molar-refractivity contribution in [3.63, 3.8) is 0 Å². The Morgan fingerprint density at radius 2 is 2.08 bits per heavy atom. The maximum absolute atomic E-state index is 10.8. The van der Waals surface area contributed by atoms with Gasteiger partial charge in [0, 0.05) is 20.0 Å². The summed E-state index contributed by atoms with van der Waals surface area (Å²) in [7, 11) is 0. The zero-order valence-corrected chi connectivity index (χ0v) is 8.46. The van der Waals surface area contributed by atoms with Crippen LogP contribution in [-0.4, -0.2) is 36.6 Å². The fourth-order valence-electron chi connectivity index (χ4n) is 1.10. The predicted octanol–water partition coefficient (Wildman–Crippen LogP) is 1.28. The van der Waals surface area contributed by atoms with Gasteiger partial charge < -0.3 is 9.64 Å². The number of morpholine rings is 1. The minimum absolute atomic E-state index is 0.148. The lowest BCUT2D eigenvalue weighted by Gasteiger charge is -2.30. The molecule has 1 aliphatic rings. The molecular weight excluding hydrogens is 154 g/mol. The first-order valence-corrected chi connectivity index (χ1v) is 4.57. The zero-order chi connectivity index (χ0) is 9.56. The summed E-state index contributed by atoms with van der Waals surface area (Å²) in [5, 5.41) is 0. The molecule has 1 saturated heterocycles. The van der Waals surface area contributed by atoms with Crippen molar-refractivity contribution in [2.75, 3.05) is 19.7 Å². The number of carbonyl (C=O) groups is 1. The molecule has 1 rings (SSSR count). The number of carbonyl (C=O) groups excluding carboxylic acids is 1. The van der Waals surface area contributed by atoms with Crippen LogP contribution in [0, 0.1) is 0 Å². The Morgan fingerprint density at radius 1 is 1.50 bits per heavy atom. The van der Waals surface area contributed by atoms with Crippen molar-refractivity contribution in [1.29, 1.82) is 0 Å². The average molecular weight is 173 g/mol. The van der Waals surface area contributed by atoms with Crippen LogP contribution < -0.4 is 0 Å². The second-order valence-electron chi connectivity index (χ2n) is 2.65. The summed E-state index contributed by atoms with van der Waals surface area (Å²) in [4.78, 5) is 12.6. The molecular formula is C9H19NO2. The Morgan fingerprint density at radius 3 is 2.42 bits per heavy atom. The highest BCUT2D eigenvalue weighted by Gasteiger charge is 2.17. The van der Waals surface area contributed by atoms with Gasteiger partial charge in [0.2, 0.25) is 5.91 Å². The minimum atomic E-state index is 0.148. The van der Waals surface area contributed by atoms with Crippen molar-refractivity contribution in [2.45, 2.75) is 33.8 Å². The first-order chi connectivity index (χ1) is 5.70. The van der Waals surface area contributed by atoms with Gasteiger partial charge in [-0.15, -0.1) is 0 Å². The molecule has 3 nitrogen and oxygen atoms in total. The highest BCUT2D eigenvalue weighted by Crippen LogP contribution is 2.03.